The number of hydrogen-bond acceptors (Lipinski definition) is 3. The number of thiol groups is 1. The zero-order chi connectivity index (χ0) is 10.0. The van der Waals surface area contributed by atoms with Crippen LogP contribution >= 0.6 is 12.6 Å². The summed E-state index contributed by atoms with van der Waals surface area (Å²) < 4.78 is 0. The Morgan fingerprint density at radius 1 is 1.62 bits per heavy atom. The topological polar surface area (TPSA) is 40.6 Å². The molecule has 13 heavy (non-hydrogen) atoms. The minimum atomic E-state index is -0.257. The number of carbonyl (C=O) groups excluding carboxylic acids is 2. The highest BCUT2D eigenvalue weighted by molar-refractivity contribution is 7.80. The molecule has 0 aromatic heterocycles. The van der Waals surface area contributed by atoms with E-state index in [1.807, 2.05) is 0 Å². The van der Waals surface area contributed by atoms with Gasteiger partial charge in [0.05, 0.1) is 6.54 Å². The van der Waals surface area contributed by atoms with E-state index in [2.05, 4.69) is 19.2 Å². The molecule has 0 unspecified atom stereocenters. The Morgan fingerprint density at radius 2 is 2.23 bits per heavy atom. The Labute approximate surface area is 82.6 Å². The highest BCUT2D eigenvalue weighted by Crippen LogP contribution is 2.10. The third-order valence-corrected chi connectivity index (χ3v) is 2.28. The Hall–Kier alpha value is -0.970. The molecule has 1 aliphatic rings. The van der Waals surface area contributed by atoms with Gasteiger partial charge in [0.15, 0.2) is 0 Å². The van der Waals surface area contributed by atoms with Gasteiger partial charge in [0.25, 0.3) is 5.91 Å². The van der Waals surface area contributed by atoms with E-state index in [9.17, 15) is 9.59 Å². The van der Waals surface area contributed by atoms with Gasteiger partial charge in [-0.25, -0.2) is 4.79 Å². The van der Waals surface area contributed by atoms with Crippen LogP contribution in [0.1, 0.15) is 0 Å². The van der Waals surface area contributed by atoms with Gasteiger partial charge in [-0.3, -0.25) is 9.69 Å². The summed E-state index contributed by atoms with van der Waals surface area (Å²) in [6, 6.07) is -0.257. The Morgan fingerprint density at radius 3 is 2.62 bits per heavy atom. The van der Waals surface area contributed by atoms with Crippen molar-refractivity contribution in [3.63, 3.8) is 0 Å². The van der Waals surface area contributed by atoms with Crippen molar-refractivity contribution in [1.82, 2.24) is 9.80 Å². The summed E-state index contributed by atoms with van der Waals surface area (Å²) in [5.74, 6) is 0.316. The lowest BCUT2D eigenvalue weighted by molar-refractivity contribution is -0.125. The Balaban J connectivity index is 2.64. The first kappa shape index (κ1) is 10.1. The molecule has 0 bridgehead atoms. The fraction of sp³-hybridized carbons (Fsp3) is 0.500. The van der Waals surface area contributed by atoms with E-state index in [1.54, 1.807) is 7.05 Å². The molecule has 3 amide bonds. The first-order chi connectivity index (χ1) is 6.06. The molecule has 1 fully saturated rings. The molecule has 0 saturated carbocycles. The molecule has 0 radical (unpaired) electrons. The van der Waals surface area contributed by atoms with Gasteiger partial charge in [0, 0.05) is 12.8 Å². The standard InChI is InChI=1S/C8H12N2O2S/c1-6(5-13)3-10-7(11)4-9(2)8(10)12/h13H,1,3-5H2,2H3. The Kier molecular flexibility index (Phi) is 2.98. The van der Waals surface area contributed by atoms with Crippen molar-refractivity contribution < 1.29 is 9.59 Å². The third kappa shape index (κ3) is 2.03. The fourth-order valence-corrected chi connectivity index (χ4v) is 1.20. The SMILES string of the molecule is C=C(CS)CN1C(=O)CN(C)C1=O. The summed E-state index contributed by atoms with van der Waals surface area (Å²) in [5, 5.41) is 0. The lowest BCUT2D eigenvalue weighted by Crippen LogP contribution is -2.33. The van der Waals surface area contributed by atoms with E-state index in [-0.39, 0.29) is 25.0 Å². The molecule has 0 N–H and O–H groups in total. The number of likely N-dealkylation sites (N-methyl/N-ethyl adjacent to an activating group) is 1. The monoisotopic (exact) mass is 200 g/mol. The van der Waals surface area contributed by atoms with E-state index in [0.29, 0.717) is 5.75 Å². The fourth-order valence-electron chi connectivity index (χ4n) is 1.10. The molecule has 0 spiro atoms. The normalized spacial score (nSPS) is 17.1. The number of nitrogens with zero attached hydrogens (tertiary/aromatic N) is 2. The van der Waals surface area contributed by atoms with Gasteiger partial charge in [-0.15, -0.1) is 0 Å². The van der Waals surface area contributed by atoms with Gasteiger partial charge >= 0.3 is 6.03 Å². The second-order valence-corrected chi connectivity index (χ2v) is 3.34. The maximum atomic E-state index is 11.3. The molecule has 1 heterocycles. The molecule has 0 aliphatic carbocycles. The largest absolute Gasteiger partial charge is 0.327 e. The minimum absolute atomic E-state index is 0.165. The average molecular weight is 200 g/mol. The molecule has 1 saturated heterocycles. The van der Waals surface area contributed by atoms with Crippen LogP contribution in [-0.2, 0) is 4.79 Å². The van der Waals surface area contributed by atoms with E-state index < -0.39 is 0 Å². The van der Waals surface area contributed by atoms with Crippen LogP contribution in [0.3, 0.4) is 0 Å². The van der Waals surface area contributed by atoms with Crippen LogP contribution in [0.5, 0.6) is 0 Å². The quantitative estimate of drug-likeness (QED) is 0.406. The average Bonchev–Trinajstić information content (AvgIpc) is 2.32. The maximum Gasteiger partial charge on any atom is 0.327 e. The lowest BCUT2D eigenvalue weighted by atomic mass is 10.3. The minimum Gasteiger partial charge on any atom is -0.318 e. The predicted molar refractivity (Wildman–Crippen MR) is 52.7 cm³/mol. The van der Waals surface area contributed by atoms with E-state index in [1.165, 1.54) is 9.80 Å². The maximum absolute atomic E-state index is 11.3. The van der Waals surface area contributed by atoms with E-state index >= 15 is 0 Å². The molecule has 1 aliphatic heterocycles. The van der Waals surface area contributed by atoms with Crippen molar-refractivity contribution in [3.8, 4) is 0 Å². The van der Waals surface area contributed by atoms with Gasteiger partial charge in [-0.1, -0.05) is 6.58 Å². The van der Waals surface area contributed by atoms with Gasteiger partial charge in [0.2, 0.25) is 0 Å². The van der Waals surface area contributed by atoms with Crippen LogP contribution in [0.15, 0.2) is 12.2 Å². The molecular weight excluding hydrogens is 188 g/mol. The van der Waals surface area contributed by atoms with Gasteiger partial charge in [-0.2, -0.15) is 12.6 Å². The van der Waals surface area contributed by atoms with Crippen molar-refractivity contribution in [2.45, 2.75) is 0 Å². The number of amides is 3. The van der Waals surface area contributed by atoms with Crippen molar-refractivity contribution in [3.05, 3.63) is 12.2 Å². The summed E-state index contributed by atoms with van der Waals surface area (Å²) >= 11 is 4.01. The first-order valence-electron chi connectivity index (χ1n) is 3.89. The summed E-state index contributed by atoms with van der Waals surface area (Å²) in [6.07, 6.45) is 0. The number of imide groups is 1. The molecule has 4 nitrogen and oxygen atoms in total. The zero-order valence-electron chi connectivity index (χ0n) is 7.49. The predicted octanol–water partition coefficient (Wildman–Crippen LogP) is 0.366. The van der Waals surface area contributed by atoms with Crippen molar-refractivity contribution in [2.24, 2.45) is 0 Å². The lowest BCUT2D eigenvalue weighted by Gasteiger charge is -2.14. The van der Waals surface area contributed by atoms with E-state index in [0.717, 1.165) is 5.57 Å². The zero-order valence-corrected chi connectivity index (χ0v) is 8.38. The molecule has 0 atom stereocenters. The highest BCUT2D eigenvalue weighted by Gasteiger charge is 2.33. The second kappa shape index (κ2) is 3.83. The van der Waals surface area contributed by atoms with Crippen LogP contribution in [0, 0.1) is 0 Å². The van der Waals surface area contributed by atoms with Crippen LogP contribution in [0.25, 0.3) is 0 Å². The molecular formula is C8H12N2O2S. The van der Waals surface area contributed by atoms with E-state index in [4.69, 9.17) is 0 Å². The summed E-state index contributed by atoms with van der Waals surface area (Å²) in [6.45, 7) is 4.14. The number of carbonyl (C=O) groups is 2. The van der Waals surface area contributed by atoms with Crippen LogP contribution < -0.4 is 0 Å². The molecule has 0 aromatic rings. The van der Waals surface area contributed by atoms with Crippen LogP contribution in [0.2, 0.25) is 0 Å². The first-order valence-corrected chi connectivity index (χ1v) is 4.52. The summed E-state index contributed by atoms with van der Waals surface area (Å²) in [7, 11) is 1.60. The van der Waals surface area contributed by atoms with Crippen LogP contribution in [0.4, 0.5) is 4.79 Å². The number of hydrogen-bond donors (Lipinski definition) is 1. The van der Waals surface area contributed by atoms with Crippen molar-refractivity contribution in [1.29, 1.82) is 0 Å². The van der Waals surface area contributed by atoms with Gasteiger partial charge in [-0.05, 0) is 5.57 Å². The molecule has 72 valence electrons. The third-order valence-electron chi connectivity index (χ3n) is 1.84. The van der Waals surface area contributed by atoms with Gasteiger partial charge < -0.3 is 4.90 Å². The summed E-state index contributed by atoms with van der Waals surface area (Å²) in [4.78, 5) is 25.2. The van der Waals surface area contributed by atoms with Crippen molar-refractivity contribution >= 4 is 24.6 Å². The second-order valence-electron chi connectivity index (χ2n) is 3.03. The smallest absolute Gasteiger partial charge is 0.318 e. The number of urea groups is 1. The summed E-state index contributed by atoms with van der Waals surface area (Å²) in [5.41, 5.74) is 0.764. The van der Waals surface area contributed by atoms with Crippen molar-refractivity contribution in [2.75, 3.05) is 25.9 Å². The Bertz CT molecular complexity index is 265. The highest BCUT2D eigenvalue weighted by atomic mass is 32.1. The van der Waals surface area contributed by atoms with Gasteiger partial charge in [0.1, 0.15) is 6.54 Å². The molecule has 0 aromatic carbocycles. The molecule has 5 heteroatoms. The number of rotatable bonds is 3. The molecule has 1 rings (SSSR count). The van der Waals surface area contributed by atoms with Crippen LogP contribution in [-0.4, -0.2) is 47.6 Å².